The quantitative estimate of drug-likeness (QED) is 0.365. The largest absolute Gasteiger partial charge is 0.357 e. The minimum atomic E-state index is 0. The molecule has 1 atom stereocenters. The summed E-state index contributed by atoms with van der Waals surface area (Å²) in [6, 6.07) is 0.247. The summed E-state index contributed by atoms with van der Waals surface area (Å²) in [6.45, 7) is 6.86. The van der Waals surface area contributed by atoms with E-state index in [4.69, 9.17) is 0 Å². The van der Waals surface area contributed by atoms with Crippen molar-refractivity contribution in [2.24, 2.45) is 18.0 Å². The number of likely N-dealkylation sites (tertiary alicyclic amines) is 1. The van der Waals surface area contributed by atoms with Crippen molar-refractivity contribution in [1.82, 2.24) is 30.3 Å². The monoisotopic (exact) mass is 503 g/mol. The summed E-state index contributed by atoms with van der Waals surface area (Å²) in [5, 5.41) is 15.0. The Bertz CT molecular complexity index is 669. The van der Waals surface area contributed by atoms with Crippen molar-refractivity contribution in [3.05, 3.63) is 11.6 Å². The van der Waals surface area contributed by atoms with E-state index in [2.05, 4.69) is 32.7 Å². The molecule has 158 valence electrons. The number of guanidine groups is 1. The summed E-state index contributed by atoms with van der Waals surface area (Å²) in [6.07, 6.45) is 6.77. The van der Waals surface area contributed by atoms with Crippen molar-refractivity contribution < 1.29 is 4.79 Å². The second kappa shape index (κ2) is 11.0. The van der Waals surface area contributed by atoms with E-state index in [9.17, 15) is 4.79 Å². The molecule has 2 N–H and O–H groups in total. The molecule has 1 aliphatic carbocycles. The van der Waals surface area contributed by atoms with E-state index >= 15 is 0 Å². The van der Waals surface area contributed by atoms with Gasteiger partial charge in [0, 0.05) is 38.6 Å². The third-order valence-electron chi connectivity index (χ3n) is 5.70. The number of carbonyl (C=O) groups is 1. The van der Waals surface area contributed by atoms with Gasteiger partial charge in [-0.1, -0.05) is 19.3 Å². The van der Waals surface area contributed by atoms with Crippen LogP contribution in [0.25, 0.3) is 0 Å². The molecule has 0 bridgehead atoms. The van der Waals surface area contributed by atoms with Crippen LogP contribution in [0.15, 0.2) is 4.99 Å². The predicted molar refractivity (Wildman–Crippen MR) is 121 cm³/mol. The summed E-state index contributed by atoms with van der Waals surface area (Å²) >= 11 is 0. The fourth-order valence-corrected chi connectivity index (χ4v) is 3.94. The smallest absolute Gasteiger partial charge is 0.225 e. The second-order valence-corrected chi connectivity index (χ2v) is 7.67. The first-order chi connectivity index (χ1) is 13.1. The molecule has 0 spiro atoms. The van der Waals surface area contributed by atoms with Gasteiger partial charge >= 0.3 is 0 Å². The van der Waals surface area contributed by atoms with Crippen LogP contribution in [0, 0.1) is 12.8 Å². The van der Waals surface area contributed by atoms with Crippen LogP contribution in [0.4, 0.5) is 0 Å². The van der Waals surface area contributed by atoms with Gasteiger partial charge in [0.25, 0.3) is 0 Å². The molecule has 1 saturated heterocycles. The number of rotatable bonds is 5. The molecule has 1 saturated carbocycles. The Morgan fingerprint density at radius 3 is 2.61 bits per heavy atom. The fraction of sp³-hybridized carbons (Fsp3) is 0.789. The Labute approximate surface area is 185 Å². The number of carbonyl (C=O) groups excluding carboxylic acids is 1. The molecular weight excluding hydrogens is 469 g/mol. The molecule has 2 heterocycles. The average Bonchev–Trinajstić information content (AvgIpc) is 3.28. The molecule has 1 aromatic heterocycles. The summed E-state index contributed by atoms with van der Waals surface area (Å²) in [5.41, 5.74) is 0. The summed E-state index contributed by atoms with van der Waals surface area (Å²) in [4.78, 5) is 19.4. The minimum absolute atomic E-state index is 0. The maximum absolute atomic E-state index is 12.7. The third-order valence-corrected chi connectivity index (χ3v) is 5.70. The standard InChI is InChI=1S/C19H33N7O.HI/c1-4-20-19(21-12-17-24-23-14(2)25(17)3)22-16-10-11-26(13-16)18(27)15-8-6-5-7-9-15;/h15-16H,4-13H2,1-3H3,(H2,20,21,22);1H. The van der Waals surface area contributed by atoms with Gasteiger partial charge in [-0.2, -0.15) is 0 Å². The van der Waals surface area contributed by atoms with E-state index in [0.29, 0.717) is 12.5 Å². The molecule has 1 unspecified atom stereocenters. The zero-order chi connectivity index (χ0) is 19.2. The first kappa shape index (κ1) is 22.9. The Hall–Kier alpha value is -1.39. The number of hydrogen-bond acceptors (Lipinski definition) is 4. The lowest BCUT2D eigenvalue weighted by molar-refractivity contribution is -0.135. The normalized spacial score (nSPS) is 20.8. The SMILES string of the molecule is CCNC(=NCc1nnc(C)n1C)NC1CCN(C(=O)C2CCCCC2)C1.I. The Balaban J connectivity index is 0.00000280. The van der Waals surface area contributed by atoms with Crippen LogP contribution in [0.1, 0.15) is 57.1 Å². The number of nitrogens with one attached hydrogen (secondary N) is 2. The minimum Gasteiger partial charge on any atom is -0.357 e. The molecule has 1 amide bonds. The van der Waals surface area contributed by atoms with Crippen LogP contribution in [-0.2, 0) is 18.4 Å². The van der Waals surface area contributed by atoms with Gasteiger partial charge in [0.1, 0.15) is 12.4 Å². The van der Waals surface area contributed by atoms with Crippen molar-refractivity contribution in [2.45, 2.75) is 65.0 Å². The zero-order valence-electron chi connectivity index (χ0n) is 17.3. The van der Waals surface area contributed by atoms with E-state index in [0.717, 1.165) is 56.5 Å². The molecule has 0 radical (unpaired) electrons. The van der Waals surface area contributed by atoms with Crippen LogP contribution >= 0.6 is 24.0 Å². The molecule has 1 aliphatic heterocycles. The number of amides is 1. The van der Waals surface area contributed by atoms with Gasteiger partial charge < -0.3 is 20.1 Å². The van der Waals surface area contributed by atoms with Crippen molar-refractivity contribution in [3.8, 4) is 0 Å². The molecule has 1 aromatic rings. The third kappa shape index (κ3) is 5.81. The van der Waals surface area contributed by atoms with Gasteiger partial charge in [0.15, 0.2) is 11.8 Å². The van der Waals surface area contributed by atoms with E-state index in [1.165, 1.54) is 19.3 Å². The van der Waals surface area contributed by atoms with Gasteiger partial charge in [-0.15, -0.1) is 34.2 Å². The van der Waals surface area contributed by atoms with Crippen LogP contribution in [-0.4, -0.2) is 57.2 Å². The molecular formula is C19H34IN7O. The highest BCUT2D eigenvalue weighted by molar-refractivity contribution is 14.0. The molecule has 2 aliphatic rings. The van der Waals surface area contributed by atoms with Gasteiger partial charge in [-0.25, -0.2) is 4.99 Å². The van der Waals surface area contributed by atoms with E-state index < -0.39 is 0 Å². The summed E-state index contributed by atoms with van der Waals surface area (Å²) in [5.74, 6) is 3.10. The van der Waals surface area contributed by atoms with Gasteiger partial charge in [-0.3, -0.25) is 4.79 Å². The second-order valence-electron chi connectivity index (χ2n) is 7.67. The van der Waals surface area contributed by atoms with E-state index in [1.54, 1.807) is 0 Å². The summed E-state index contributed by atoms with van der Waals surface area (Å²) < 4.78 is 1.95. The topological polar surface area (TPSA) is 87.4 Å². The molecule has 3 rings (SSSR count). The van der Waals surface area contributed by atoms with E-state index in [-0.39, 0.29) is 35.9 Å². The lowest BCUT2D eigenvalue weighted by Crippen LogP contribution is -2.45. The van der Waals surface area contributed by atoms with Crippen LogP contribution in [0.5, 0.6) is 0 Å². The number of halogens is 1. The molecule has 9 heteroatoms. The molecule has 2 fully saturated rings. The number of hydrogen-bond donors (Lipinski definition) is 2. The van der Waals surface area contributed by atoms with Crippen molar-refractivity contribution >= 4 is 35.8 Å². The average molecular weight is 503 g/mol. The highest BCUT2D eigenvalue weighted by Crippen LogP contribution is 2.26. The van der Waals surface area contributed by atoms with Gasteiger partial charge in [-0.05, 0) is 33.1 Å². The highest BCUT2D eigenvalue weighted by atomic mass is 127. The zero-order valence-corrected chi connectivity index (χ0v) is 19.6. The Morgan fingerprint density at radius 1 is 1.21 bits per heavy atom. The maximum atomic E-state index is 12.7. The van der Waals surface area contributed by atoms with Crippen molar-refractivity contribution in [1.29, 1.82) is 0 Å². The maximum Gasteiger partial charge on any atom is 0.225 e. The van der Waals surface area contributed by atoms with Crippen LogP contribution < -0.4 is 10.6 Å². The molecule has 8 nitrogen and oxygen atoms in total. The molecule has 28 heavy (non-hydrogen) atoms. The first-order valence-electron chi connectivity index (χ1n) is 10.3. The van der Waals surface area contributed by atoms with Crippen LogP contribution in [0.2, 0.25) is 0 Å². The number of aryl methyl sites for hydroxylation is 1. The Kier molecular flexibility index (Phi) is 8.97. The lowest BCUT2D eigenvalue weighted by atomic mass is 9.88. The predicted octanol–water partition coefficient (Wildman–Crippen LogP) is 1.98. The number of aliphatic imine (C=N–C) groups is 1. The highest BCUT2D eigenvalue weighted by Gasteiger charge is 2.31. The Morgan fingerprint density at radius 2 is 1.96 bits per heavy atom. The van der Waals surface area contributed by atoms with Gasteiger partial charge in [0.05, 0.1) is 0 Å². The van der Waals surface area contributed by atoms with E-state index in [1.807, 2.05) is 23.4 Å². The number of aromatic nitrogens is 3. The van der Waals surface area contributed by atoms with Crippen molar-refractivity contribution in [2.75, 3.05) is 19.6 Å². The fourth-order valence-electron chi connectivity index (χ4n) is 3.94. The van der Waals surface area contributed by atoms with Crippen LogP contribution in [0.3, 0.4) is 0 Å². The molecule has 0 aromatic carbocycles. The lowest BCUT2D eigenvalue weighted by Gasteiger charge is -2.26. The summed E-state index contributed by atoms with van der Waals surface area (Å²) in [7, 11) is 1.95. The van der Waals surface area contributed by atoms with Gasteiger partial charge in [0.2, 0.25) is 5.91 Å². The number of nitrogens with zero attached hydrogens (tertiary/aromatic N) is 5. The van der Waals surface area contributed by atoms with Crippen molar-refractivity contribution in [3.63, 3.8) is 0 Å². The first-order valence-corrected chi connectivity index (χ1v) is 10.3.